The molecule has 0 spiro atoms. The number of benzene rings is 6. The molecule has 0 aliphatic heterocycles. The van der Waals surface area contributed by atoms with Crippen LogP contribution in [0.1, 0.15) is 34.6 Å². The van der Waals surface area contributed by atoms with Gasteiger partial charge in [0.05, 0.1) is 0 Å². The van der Waals surface area contributed by atoms with Gasteiger partial charge in [0.25, 0.3) is 0 Å². The molecule has 39 heavy (non-hydrogen) atoms. The lowest BCUT2D eigenvalue weighted by Crippen LogP contribution is -2.05. The van der Waals surface area contributed by atoms with E-state index in [1.165, 1.54) is 88.7 Å². The smallest absolute Gasteiger partial charge is 0.0149 e. The highest BCUT2D eigenvalue weighted by Gasteiger charge is 2.41. The van der Waals surface area contributed by atoms with Gasteiger partial charge in [-0.2, -0.15) is 0 Å². The topological polar surface area (TPSA) is 0 Å². The summed E-state index contributed by atoms with van der Waals surface area (Å²) in [5.41, 5.74) is 19.6. The molecule has 0 saturated heterocycles. The summed E-state index contributed by atoms with van der Waals surface area (Å²) in [6, 6.07) is 40.7. The van der Waals surface area contributed by atoms with Crippen molar-refractivity contribution in [3.05, 3.63) is 138 Å². The van der Waals surface area contributed by atoms with Crippen molar-refractivity contribution in [1.29, 1.82) is 0 Å². The highest BCUT2D eigenvalue weighted by molar-refractivity contribution is 6.24. The molecule has 0 saturated carbocycles. The predicted molar refractivity (Wildman–Crippen MR) is 165 cm³/mol. The van der Waals surface area contributed by atoms with E-state index in [1.54, 1.807) is 0 Å². The molecule has 1 atom stereocenters. The van der Waals surface area contributed by atoms with Crippen LogP contribution in [0.15, 0.2) is 115 Å². The van der Waals surface area contributed by atoms with Crippen molar-refractivity contribution < 1.29 is 0 Å². The van der Waals surface area contributed by atoms with Gasteiger partial charge in [0.1, 0.15) is 0 Å². The summed E-state index contributed by atoms with van der Waals surface area (Å²) in [5.74, 6) is 0.362. The Bertz CT molecular complexity index is 2020. The van der Waals surface area contributed by atoms with Crippen molar-refractivity contribution >= 4 is 16.8 Å². The number of hydrogen-bond donors (Lipinski definition) is 0. The normalized spacial score (nSPS) is 15.4. The van der Waals surface area contributed by atoms with Crippen LogP contribution in [0, 0.1) is 6.92 Å². The first-order chi connectivity index (χ1) is 19.3. The number of allylic oxidation sites excluding steroid dienone is 1. The van der Waals surface area contributed by atoms with Crippen molar-refractivity contribution in [3.63, 3.8) is 0 Å². The minimum absolute atomic E-state index is 0.362. The van der Waals surface area contributed by atoms with Crippen LogP contribution in [-0.2, 0) is 0 Å². The molecule has 0 amide bonds. The number of aryl methyl sites for hydroxylation is 1. The van der Waals surface area contributed by atoms with Crippen LogP contribution < -0.4 is 0 Å². The van der Waals surface area contributed by atoms with Crippen molar-refractivity contribution in [2.45, 2.75) is 19.3 Å². The quantitative estimate of drug-likeness (QED) is 0.224. The van der Waals surface area contributed by atoms with E-state index < -0.39 is 0 Å². The Morgan fingerprint density at radius 3 is 1.85 bits per heavy atom. The van der Waals surface area contributed by atoms with Gasteiger partial charge in [-0.3, -0.25) is 0 Å². The summed E-state index contributed by atoms with van der Waals surface area (Å²) in [7, 11) is 0. The number of fused-ring (bicyclic) bond motifs is 6. The Morgan fingerprint density at radius 2 is 1.15 bits per heavy atom. The fourth-order valence-electron chi connectivity index (χ4n) is 7.75. The Kier molecular flexibility index (Phi) is 4.19. The molecule has 0 heteroatoms. The van der Waals surface area contributed by atoms with Crippen molar-refractivity contribution in [1.82, 2.24) is 0 Å². The summed E-state index contributed by atoms with van der Waals surface area (Å²) >= 11 is 0. The molecular formula is C39H26. The van der Waals surface area contributed by atoms with Crippen LogP contribution in [0.4, 0.5) is 0 Å². The molecule has 0 aromatic heterocycles. The molecule has 6 aromatic carbocycles. The fraction of sp³-hybridized carbons (Fsp3) is 0.0769. The Balaban J connectivity index is 1.56. The second-order valence-electron chi connectivity index (χ2n) is 11.2. The molecule has 1 unspecified atom stereocenters. The van der Waals surface area contributed by atoms with Crippen molar-refractivity contribution in [3.8, 4) is 55.6 Å². The Hall–Kier alpha value is -4.68. The predicted octanol–water partition coefficient (Wildman–Crippen LogP) is 10.7. The molecule has 0 bridgehead atoms. The van der Waals surface area contributed by atoms with E-state index in [1.807, 2.05) is 0 Å². The van der Waals surface area contributed by atoms with E-state index in [0.717, 1.165) is 6.42 Å². The van der Waals surface area contributed by atoms with E-state index in [9.17, 15) is 0 Å². The average molecular weight is 495 g/mol. The third-order valence-electron chi connectivity index (χ3n) is 9.23. The van der Waals surface area contributed by atoms with Crippen LogP contribution in [0.5, 0.6) is 0 Å². The third kappa shape index (κ3) is 2.69. The molecule has 0 heterocycles. The average Bonchev–Trinajstić information content (AvgIpc) is 3.50. The zero-order valence-electron chi connectivity index (χ0n) is 21.8. The molecule has 0 fully saturated rings. The van der Waals surface area contributed by atoms with E-state index in [4.69, 9.17) is 0 Å². The summed E-state index contributed by atoms with van der Waals surface area (Å²) in [6.07, 6.45) is 5.81. The van der Waals surface area contributed by atoms with Crippen LogP contribution >= 0.6 is 0 Å². The molecule has 0 nitrogen and oxygen atoms in total. The van der Waals surface area contributed by atoms with Crippen LogP contribution in [0.2, 0.25) is 0 Å². The summed E-state index contributed by atoms with van der Waals surface area (Å²) in [4.78, 5) is 0. The molecule has 6 aromatic rings. The van der Waals surface area contributed by atoms with Crippen molar-refractivity contribution in [2.75, 3.05) is 0 Å². The minimum Gasteiger partial charge on any atom is -0.0830 e. The van der Waals surface area contributed by atoms with E-state index in [0.29, 0.717) is 5.92 Å². The van der Waals surface area contributed by atoms with Crippen LogP contribution in [-0.4, -0.2) is 0 Å². The molecule has 3 aliphatic carbocycles. The first-order valence-electron chi connectivity index (χ1n) is 14.0. The summed E-state index contributed by atoms with van der Waals surface area (Å²) < 4.78 is 0. The Labute approximate surface area is 228 Å². The second-order valence-corrected chi connectivity index (χ2v) is 11.2. The van der Waals surface area contributed by atoms with Gasteiger partial charge in [0.15, 0.2) is 0 Å². The van der Waals surface area contributed by atoms with Gasteiger partial charge >= 0.3 is 0 Å². The molecule has 9 rings (SSSR count). The molecule has 0 radical (unpaired) electrons. The van der Waals surface area contributed by atoms with Gasteiger partial charge in [-0.25, -0.2) is 0 Å². The summed E-state index contributed by atoms with van der Waals surface area (Å²) in [6.45, 7) is 2.26. The van der Waals surface area contributed by atoms with Gasteiger partial charge in [-0.1, -0.05) is 121 Å². The molecule has 0 N–H and O–H groups in total. The zero-order valence-corrected chi connectivity index (χ0v) is 21.8. The van der Waals surface area contributed by atoms with Crippen LogP contribution in [0.3, 0.4) is 0 Å². The monoisotopic (exact) mass is 494 g/mol. The zero-order chi connectivity index (χ0) is 25.7. The first-order valence-corrected chi connectivity index (χ1v) is 14.0. The van der Waals surface area contributed by atoms with Gasteiger partial charge in [-0.15, -0.1) is 0 Å². The lowest BCUT2D eigenvalue weighted by atomic mass is 9.77. The van der Waals surface area contributed by atoms with Gasteiger partial charge < -0.3 is 0 Å². The minimum atomic E-state index is 0.362. The first kappa shape index (κ1) is 21.3. The molecule has 3 aliphatic rings. The van der Waals surface area contributed by atoms with E-state index in [-0.39, 0.29) is 0 Å². The second kappa shape index (κ2) is 7.68. The molecular weight excluding hydrogens is 468 g/mol. The lowest BCUT2D eigenvalue weighted by Gasteiger charge is -2.25. The number of rotatable bonds is 2. The largest absolute Gasteiger partial charge is 0.0830 e. The van der Waals surface area contributed by atoms with Gasteiger partial charge in [0.2, 0.25) is 0 Å². The van der Waals surface area contributed by atoms with Crippen LogP contribution in [0.25, 0.3) is 72.5 Å². The summed E-state index contributed by atoms with van der Waals surface area (Å²) in [5, 5.41) is 2.71. The maximum absolute atomic E-state index is 2.41. The lowest BCUT2D eigenvalue weighted by molar-refractivity contribution is 0.844. The Morgan fingerprint density at radius 1 is 0.513 bits per heavy atom. The molecule has 182 valence electrons. The standard InChI is InChI=1S/C39H26/c1-23-21-22-31-35-27(23)17-10-20-30(35)38-33(25-11-4-2-5-12-25)36-28-18-8-15-24-16-9-19-29(32(24)28)37(36)34(39(31)38)26-13-6-3-7-14-26/h2-19,21-22,30H,20H2,1H3. The van der Waals surface area contributed by atoms with Gasteiger partial charge in [-0.05, 0) is 102 Å². The maximum Gasteiger partial charge on any atom is 0.0149 e. The van der Waals surface area contributed by atoms with Crippen molar-refractivity contribution in [2.24, 2.45) is 0 Å². The maximum atomic E-state index is 2.41. The highest BCUT2D eigenvalue weighted by atomic mass is 14.4. The third-order valence-corrected chi connectivity index (χ3v) is 9.23. The van der Waals surface area contributed by atoms with E-state index in [2.05, 4.69) is 128 Å². The number of hydrogen-bond acceptors (Lipinski definition) is 0. The highest BCUT2D eigenvalue weighted by Crippen LogP contribution is 2.64. The van der Waals surface area contributed by atoms with E-state index >= 15 is 0 Å². The SMILES string of the molecule is Cc1ccc2c3c1C=CCC3c1c(-c3ccccc3)c3c(c(-c4ccccc4)c1-2)-c1cccc2cccc-3c12. The van der Waals surface area contributed by atoms with Gasteiger partial charge in [0, 0.05) is 5.92 Å². The fourth-order valence-corrected chi connectivity index (χ4v) is 7.75.